The maximum atomic E-state index is 6.77. The van der Waals surface area contributed by atoms with Gasteiger partial charge in [-0.25, -0.2) is 0 Å². The molecule has 0 heterocycles. The maximum Gasteiger partial charge on any atom is 0.0410 e. The average molecular weight is 275 g/mol. The van der Waals surface area contributed by atoms with Crippen molar-refractivity contribution in [2.75, 3.05) is 0 Å². The third kappa shape index (κ3) is 1.87. The lowest BCUT2D eigenvalue weighted by atomic mass is 9.96. The molecule has 0 N–H and O–H groups in total. The van der Waals surface area contributed by atoms with Crippen molar-refractivity contribution >= 4 is 11.6 Å². The Balaban J connectivity index is 1.45. The lowest BCUT2D eigenvalue weighted by molar-refractivity contribution is 0.449. The highest BCUT2D eigenvalue weighted by Gasteiger charge is 2.66. The van der Waals surface area contributed by atoms with Gasteiger partial charge >= 0.3 is 0 Å². The fourth-order valence-corrected chi connectivity index (χ4v) is 5.68. The van der Waals surface area contributed by atoms with Gasteiger partial charge in [0.05, 0.1) is 0 Å². The first-order valence-electron chi connectivity index (χ1n) is 7.85. The van der Waals surface area contributed by atoms with Gasteiger partial charge in [0, 0.05) is 5.38 Å². The Morgan fingerprint density at radius 2 is 1.79 bits per heavy atom. The molecule has 0 spiro atoms. The quantitative estimate of drug-likeness (QED) is 0.698. The molecule has 19 heavy (non-hydrogen) atoms. The molecular weight excluding hydrogens is 252 g/mol. The van der Waals surface area contributed by atoms with Crippen molar-refractivity contribution in [2.24, 2.45) is 29.6 Å². The largest absolute Gasteiger partial charge is 0.122 e. The molecular formula is C18H23Cl. The van der Waals surface area contributed by atoms with Crippen LogP contribution in [0.4, 0.5) is 0 Å². The Hall–Kier alpha value is -0.490. The minimum absolute atomic E-state index is 0.375. The zero-order valence-corrected chi connectivity index (χ0v) is 12.7. The molecule has 0 aromatic heterocycles. The summed E-state index contributed by atoms with van der Waals surface area (Å²) in [5.74, 6) is 4.94. The summed E-state index contributed by atoms with van der Waals surface area (Å²) in [6, 6.07) is 6.84. The first kappa shape index (κ1) is 12.3. The summed E-state index contributed by atoms with van der Waals surface area (Å²) in [4.78, 5) is 0. The molecule has 5 atom stereocenters. The second-order valence-corrected chi connectivity index (χ2v) is 7.76. The molecule has 0 nitrogen and oxygen atoms in total. The third-order valence-corrected chi connectivity index (χ3v) is 6.66. The number of fused-ring (bicyclic) bond motifs is 5. The molecule has 1 aromatic carbocycles. The Morgan fingerprint density at radius 1 is 1.11 bits per heavy atom. The molecule has 0 radical (unpaired) electrons. The van der Waals surface area contributed by atoms with Gasteiger partial charge in [-0.15, -0.1) is 11.6 Å². The van der Waals surface area contributed by atoms with Crippen LogP contribution in [0.15, 0.2) is 18.2 Å². The number of hydrogen-bond donors (Lipinski definition) is 0. The van der Waals surface area contributed by atoms with Gasteiger partial charge in [0.2, 0.25) is 0 Å². The summed E-state index contributed by atoms with van der Waals surface area (Å²) in [6.45, 7) is 4.38. The van der Waals surface area contributed by atoms with Gasteiger partial charge in [0.1, 0.15) is 0 Å². The molecule has 3 aliphatic carbocycles. The number of hydrogen-bond acceptors (Lipinski definition) is 0. The van der Waals surface area contributed by atoms with Gasteiger partial charge in [-0.05, 0) is 85.8 Å². The summed E-state index contributed by atoms with van der Waals surface area (Å²) >= 11 is 6.77. The second-order valence-electron chi connectivity index (χ2n) is 7.20. The van der Waals surface area contributed by atoms with E-state index in [0.29, 0.717) is 5.38 Å². The van der Waals surface area contributed by atoms with E-state index in [1.165, 1.54) is 36.0 Å². The Kier molecular flexibility index (Phi) is 2.74. The number of aryl methyl sites for hydroxylation is 2. The van der Waals surface area contributed by atoms with Gasteiger partial charge in [-0.3, -0.25) is 0 Å². The SMILES string of the molecule is Cc1ccc(CC(Cl)C2C3C4CCC(C4)C23)cc1C. The summed E-state index contributed by atoms with van der Waals surface area (Å²) in [6.07, 6.45) is 5.59. The predicted molar refractivity (Wildman–Crippen MR) is 80.6 cm³/mol. The topological polar surface area (TPSA) is 0 Å². The third-order valence-electron chi connectivity index (χ3n) is 6.21. The molecule has 4 rings (SSSR count). The summed E-state index contributed by atoms with van der Waals surface area (Å²) in [5.41, 5.74) is 4.22. The van der Waals surface area contributed by atoms with Crippen LogP contribution in [-0.4, -0.2) is 5.38 Å². The van der Waals surface area contributed by atoms with Crippen molar-refractivity contribution in [2.45, 2.75) is 44.9 Å². The van der Waals surface area contributed by atoms with Crippen molar-refractivity contribution < 1.29 is 0 Å². The van der Waals surface area contributed by atoms with Crippen LogP contribution in [0.5, 0.6) is 0 Å². The molecule has 1 aromatic rings. The maximum absolute atomic E-state index is 6.77. The van der Waals surface area contributed by atoms with Gasteiger partial charge in [-0.1, -0.05) is 18.2 Å². The smallest absolute Gasteiger partial charge is 0.0410 e. The monoisotopic (exact) mass is 274 g/mol. The van der Waals surface area contributed by atoms with Crippen LogP contribution >= 0.6 is 11.6 Å². The number of rotatable bonds is 3. The second kappa shape index (κ2) is 4.25. The molecule has 0 amide bonds. The minimum atomic E-state index is 0.375. The molecule has 3 aliphatic rings. The Morgan fingerprint density at radius 3 is 2.42 bits per heavy atom. The number of halogens is 1. The van der Waals surface area contributed by atoms with Crippen LogP contribution in [0.25, 0.3) is 0 Å². The molecule has 3 saturated carbocycles. The van der Waals surface area contributed by atoms with Crippen LogP contribution in [0.1, 0.15) is 36.0 Å². The summed E-state index contributed by atoms with van der Waals surface area (Å²) in [5, 5.41) is 0.375. The molecule has 0 saturated heterocycles. The van der Waals surface area contributed by atoms with Crippen LogP contribution in [-0.2, 0) is 6.42 Å². The number of alkyl halides is 1. The van der Waals surface area contributed by atoms with E-state index >= 15 is 0 Å². The lowest BCUT2D eigenvalue weighted by Gasteiger charge is -2.15. The van der Waals surface area contributed by atoms with Crippen LogP contribution in [0, 0.1) is 43.4 Å². The first-order valence-corrected chi connectivity index (χ1v) is 8.29. The Labute approximate surface area is 121 Å². The van der Waals surface area contributed by atoms with Crippen molar-refractivity contribution in [3.63, 3.8) is 0 Å². The molecule has 102 valence electrons. The van der Waals surface area contributed by atoms with E-state index in [9.17, 15) is 0 Å². The molecule has 3 fully saturated rings. The van der Waals surface area contributed by atoms with Gasteiger partial charge in [-0.2, -0.15) is 0 Å². The predicted octanol–water partition coefficient (Wildman–Crippen LogP) is 4.75. The standard InChI is InChI=1S/C18H23Cl/c1-10-3-4-12(7-11(10)2)8-15(19)18-16-13-5-6-14(9-13)17(16)18/h3-4,7,13-18H,5-6,8-9H2,1-2H3. The van der Waals surface area contributed by atoms with E-state index in [4.69, 9.17) is 11.6 Å². The van der Waals surface area contributed by atoms with E-state index in [0.717, 1.165) is 36.0 Å². The van der Waals surface area contributed by atoms with Crippen LogP contribution < -0.4 is 0 Å². The van der Waals surface area contributed by atoms with Gasteiger partial charge in [0.15, 0.2) is 0 Å². The fraction of sp³-hybridized carbons (Fsp3) is 0.667. The van der Waals surface area contributed by atoms with Crippen molar-refractivity contribution in [1.82, 2.24) is 0 Å². The van der Waals surface area contributed by atoms with Crippen molar-refractivity contribution in [1.29, 1.82) is 0 Å². The van der Waals surface area contributed by atoms with Gasteiger partial charge < -0.3 is 0 Å². The lowest BCUT2D eigenvalue weighted by Crippen LogP contribution is -2.13. The van der Waals surface area contributed by atoms with Crippen LogP contribution in [0.3, 0.4) is 0 Å². The summed E-state index contributed by atoms with van der Waals surface area (Å²) in [7, 11) is 0. The van der Waals surface area contributed by atoms with E-state index in [1.807, 2.05) is 0 Å². The number of benzene rings is 1. The van der Waals surface area contributed by atoms with E-state index in [-0.39, 0.29) is 0 Å². The molecule has 2 bridgehead atoms. The molecule has 0 aliphatic heterocycles. The normalized spacial score (nSPS) is 40.3. The Bertz CT molecular complexity index is 490. The van der Waals surface area contributed by atoms with Crippen LogP contribution in [0.2, 0.25) is 0 Å². The van der Waals surface area contributed by atoms with E-state index in [2.05, 4.69) is 32.0 Å². The molecule has 5 unspecified atom stereocenters. The minimum Gasteiger partial charge on any atom is -0.122 e. The highest BCUT2D eigenvalue weighted by Crippen LogP contribution is 2.71. The highest BCUT2D eigenvalue weighted by molar-refractivity contribution is 6.21. The van der Waals surface area contributed by atoms with Crippen molar-refractivity contribution in [3.8, 4) is 0 Å². The van der Waals surface area contributed by atoms with Gasteiger partial charge in [0.25, 0.3) is 0 Å². The van der Waals surface area contributed by atoms with E-state index in [1.54, 1.807) is 0 Å². The van der Waals surface area contributed by atoms with Crippen molar-refractivity contribution in [3.05, 3.63) is 34.9 Å². The zero-order chi connectivity index (χ0) is 13.1. The average Bonchev–Trinajstić information content (AvgIpc) is 2.83. The highest BCUT2D eigenvalue weighted by atomic mass is 35.5. The molecule has 1 heteroatoms. The fourth-order valence-electron chi connectivity index (χ4n) is 5.17. The first-order chi connectivity index (χ1) is 9.15. The zero-order valence-electron chi connectivity index (χ0n) is 11.9. The van der Waals surface area contributed by atoms with E-state index < -0.39 is 0 Å². The summed E-state index contributed by atoms with van der Waals surface area (Å²) < 4.78 is 0.